The van der Waals surface area contributed by atoms with Gasteiger partial charge in [0.25, 0.3) is 0 Å². The molecule has 0 aromatic heterocycles. The topological polar surface area (TPSA) is 58.6 Å². The monoisotopic (exact) mass is 313 g/mol. The molecule has 2 N–H and O–H groups in total. The standard InChI is InChI=1S/C19H23NO3/c1-14-5-3-4-6-15(14)9-12-19(22)20-13-18(21)16-7-10-17(23-2)11-8-16/h3-8,10-11,18,21H,9,12-13H2,1-2H3,(H,20,22). The molecule has 0 spiro atoms. The van der Waals surface area contributed by atoms with Gasteiger partial charge in [-0.2, -0.15) is 0 Å². The van der Waals surface area contributed by atoms with Gasteiger partial charge < -0.3 is 15.2 Å². The van der Waals surface area contributed by atoms with Crippen molar-refractivity contribution in [2.45, 2.75) is 25.9 Å². The number of benzene rings is 2. The Morgan fingerprint density at radius 3 is 2.52 bits per heavy atom. The number of rotatable bonds is 7. The van der Waals surface area contributed by atoms with Crippen molar-refractivity contribution < 1.29 is 14.6 Å². The van der Waals surface area contributed by atoms with Gasteiger partial charge in [0.15, 0.2) is 0 Å². The molecule has 0 aliphatic carbocycles. The van der Waals surface area contributed by atoms with Gasteiger partial charge in [0.05, 0.1) is 13.2 Å². The Morgan fingerprint density at radius 1 is 1.17 bits per heavy atom. The summed E-state index contributed by atoms with van der Waals surface area (Å²) in [5, 5.41) is 12.9. The van der Waals surface area contributed by atoms with Gasteiger partial charge in [0.1, 0.15) is 5.75 Å². The summed E-state index contributed by atoms with van der Waals surface area (Å²) in [6, 6.07) is 15.2. The number of hydrogen-bond acceptors (Lipinski definition) is 3. The summed E-state index contributed by atoms with van der Waals surface area (Å²) < 4.78 is 5.08. The van der Waals surface area contributed by atoms with E-state index in [1.807, 2.05) is 31.2 Å². The number of hydrogen-bond donors (Lipinski definition) is 2. The maximum absolute atomic E-state index is 11.9. The smallest absolute Gasteiger partial charge is 0.220 e. The second-order valence-electron chi connectivity index (χ2n) is 5.52. The highest BCUT2D eigenvalue weighted by Crippen LogP contribution is 2.17. The van der Waals surface area contributed by atoms with Crippen LogP contribution in [-0.2, 0) is 11.2 Å². The van der Waals surface area contributed by atoms with Crippen molar-refractivity contribution in [3.63, 3.8) is 0 Å². The molecule has 0 fully saturated rings. The van der Waals surface area contributed by atoms with Crippen molar-refractivity contribution in [1.82, 2.24) is 5.32 Å². The molecule has 0 bridgehead atoms. The van der Waals surface area contributed by atoms with Gasteiger partial charge in [-0.05, 0) is 42.2 Å². The maximum Gasteiger partial charge on any atom is 0.220 e. The largest absolute Gasteiger partial charge is 0.497 e. The molecule has 4 heteroatoms. The Balaban J connectivity index is 1.78. The fourth-order valence-corrected chi connectivity index (χ4v) is 2.38. The van der Waals surface area contributed by atoms with Crippen LogP contribution in [0.15, 0.2) is 48.5 Å². The van der Waals surface area contributed by atoms with E-state index < -0.39 is 6.10 Å². The Bertz CT molecular complexity index is 637. The number of ether oxygens (including phenoxy) is 1. The number of methoxy groups -OCH3 is 1. The van der Waals surface area contributed by atoms with E-state index >= 15 is 0 Å². The SMILES string of the molecule is COc1ccc(C(O)CNC(=O)CCc2ccccc2C)cc1. The highest BCUT2D eigenvalue weighted by Gasteiger charge is 2.10. The van der Waals surface area contributed by atoms with Gasteiger partial charge in [-0.1, -0.05) is 36.4 Å². The average molecular weight is 313 g/mol. The Hall–Kier alpha value is -2.33. The van der Waals surface area contributed by atoms with Crippen molar-refractivity contribution in [2.75, 3.05) is 13.7 Å². The highest BCUT2D eigenvalue weighted by atomic mass is 16.5. The lowest BCUT2D eigenvalue weighted by Crippen LogP contribution is -2.28. The van der Waals surface area contributed by atoms with E-state index in [1.165, 1.54) is 11.1 Å². The van der Waals surface area contributed by atoms with Crippen molar-refractivity contribution in [3.8, 4) is 5.75 Å². The number of aliphatic hydroxyl groups is 1. The van der Waals surface area contributed by atoms with Gasteiger partial charge in [0.2, 0.25) is 5.91 Å². The van der Waals surface area contributed by atoms with Crippen molar-refractivity contribution in [1.29, 1.82) is 0 Å². The summed E-state index contributed by atoms with van der Waals surface area (Å²) in [4.78, 5) is 11.9. The van der Waals surface area contributed by atoms with Crippen LogP contribution in [0.3, 0.4) is 0 Å². The van der Waals surface area contributed by atoms with Crippen LogP contribution in [0.2, 0.25) is 0 Å². The Kier molecular flexibility index (Phi) is 6.18. The first-order valence-corrected chi connectivity index (χ1v) is 7.73. The van der Waals surface area contributed by atoms with Crippen LogP contribution < -0.4 is 10.1 Å². The molecular weight excluding hydrogens is 290 g/mol. The maximum atomic E-state index is 11.9. The van der Waals surface area contributed by atoms with E-state index in [1.54, 1.807) is 31.4 Å². The summed E-state index contributed by atoms with van der Waals surface area (Å²) >= 11 is 0. The molecule has 23 heavy (non-hydrogen) atoms. The molecular formula is C19H23NO3. The summed E-state index contributed by atoms with van der Waals surface area (Å²) in [7, 11) is 1.60. The summed E-state index contributed by atoms with van der Waals surface area (Å²) in [6.07, 6.45) is 0.403. The molecule has 122 valence electrons. The quantitative estimate of drug-likeness (QED) is 0.826. The van der Waals surface area contributed by atoms with Crippen LogP contribution in [0.5, 0.6) is 5.75 Å². The predicted molar refractivity (Wildman–Crippen MR) is 90.5 cm³/mol. The fraction of sp³-hybridized carbons (Fsp3) is 0.316. The Morgan fingerprint density at radius 2 is 1.87 bits per heavy atom. The van der Waals surface area contributed by atoms with E-state index in [0.717, 1.165) is 11.3 Å². The molecule has 1 amide bonds. The zero-order valence-electron chi connectivity index (χ0n) is 13.6. The lowest BCUT2D eigenvalue weighted by Gasteiger charge is -2.13. The van der Waals surface area contributed by atoms with Crippen LogP contribution >= 0.6 is 0 Å². The normalized spacial score (nSPS) is 11.8. The summed E-state index contributed by atoms with van der Waals surface area (Å²) in [6.45, 7) is 2.25. The third kappa shape index (κ3) is 5.11. The van der Waals surface area contributed by atoms with Crippen molar-refractivity contribution >= 4 is 5.91 Å². The number of carbonyl (C=O) groups excluding carboxylic acids is 1. The summed E-state index contributed by atoms with van der Waals surface area (Å²) in [5.74, 6) is 0.684. The zero-order valence-corrected chi connectivity index (χ0v) is 13.6. The second-order valence-corrected chi connectivity index (χ2v) is 5.52. The molecule has 0 saturated heterocycles. The minimum absolute atomic E-state index is 0.0548. The van der Waals surface area contributed by atoms with Crippen LogP contribution in [0, 0.1) is 6.92 Å². The van der Waals surface area contributed by atoms with Crippen LogP contribution in [0.25, 0.3) is 0 Å². The number of nitrogens with one attached hydrogen (secondary N) is 1. The van der Waals surface area contributed by atoms with Gasteiger partial charge in [0, 0.05) is 13.0 Å². The second kappa shape index (κ2) is 8.34. The third-order valence-corrected chi connectivity index (χ3v) is 3.88. The molecule has 0 aliphatic heterocycles. The first-order valence-electron chi connectivity index (χ1n) is 7.73. The number of carbonyl (C=O) groups is 1. The van der Waals surface area contributed by atoms with E-state index in [0.29, 0.717) is 12.8 Å². The van der Waals surface area contributed by atoms with Gasteiger partial charge in [-0.25, -0.2) is 0 Å². The minimum atomic E-state index is -0.719. The van der Waals surface area contributed by atoms with Crippen molar-refractivity contribution in [2.24, 2.45) is 0 Å². The molecule has 0 radical (unpaired) electrons. The van der Waals surface area contributed by atoms with Gasteiger partial charge in [-0.15, -0.1) is 0 Å². The lowest BCUT2D eigenvalue weighted by molar-refractivity contribution is -0.121. The van der Waals surface area contributed by atoms with Crippen LogP contribution in [-0.4, -0.2) is 24.7 Å². The van der Waals surface area contributed by atoms with E-state index in [-0.39, 0.29) is 12.5 Å². The van der Waals surface area contributed by atoms with Crippen LogP contribution in [0.1, 0.15) is 29.2 Å². The zero-order chi connectivity index (χ0) is 16.7. The molecule has 0 aliphatic rings. The number of amides is 1. The first kappa shape index (κ1) is 17.0. The highest BCUT2D eigenvalue weighted by molar-refractivity contribution is 5.76. The van der Waals surface area contributed by atoms with E-state index in [4.69, 9.17) is 4.74 Å². The number of aliphatic hydroxyl groups excluding tert-OH is 1. The molecule has 0 heterocycles. The van der Waals surface area contributed by atoms with Gasteiger partial charge in [-0.3, -0.25) is 4.79 Å². The van der Waals surface area contributed by atoms with Crippen molar-refractivity contribution in [3.05, 3.63) is 65.2 Å². The van der Waals surface area contributed by atoms with E-state index in [2.05, 4.69) is 5.32 Å². The third-order valence-electron chi connectivity index (χ3n) is 3.88. The molecule has 1 atom stereocenters. The number of aryl methyl sites for hydroxylation is 2. The molecule has 1 unspecified atom stereocenters. The molecule has 2 rings (SSSR count). The molecule has 4 nitrogen and oxygen atoms in total. The Labute approximate surface area is 137 Å². The lowest BCUT2D eigenvalue weighted by atomic mass is 10.0. The summed E-state index contributed by atoms with van der Waals surface area (Å²) in [5.41, 5.74) is 3.13. The van der Waals surface area contributed by atoms with Gasteiger partial charge >= 0.3 is 0 Å². The molecule has 2 aromatic rings. The fourth-order valence-electron chi connectivity index (χ4n) is 2.38. The van der Waals surface area contributed by atoms with E-state index in [9.17, 15) is 9.90 Å². The average Bonchev–Trinajstić information content (AvgIpc) is 2.59. The molecule has 2 aromatic carbocycles. The molecule has 0 saturated carbocycles. The predicted octanol–water partition coefficient (Wildman–Crippen LogP) is 2.79. The minimum Gasteiger partial charge on any atom is -0.497 e. The first-order chi connectivity index (χ1) is 11.1. The van der Waals surface area contributed by atoms with Crippen LogP contribution in [0.4, 0.5) is 0 Å².